The number of carbonyl (C=O) groups excluding carboxylic acids is 2. The number of hydrogen-bond acceptors (Lipinski definition) is 7. The molecule has 0 radical (unpaired) electrons. The summed E-state index contributed by atoms with van der Waals surface area (Å²) in [6.45, 7) is 4.72. The van der Waals surface area contributed by atoms with Gasteiger partial charge in [-0.15, -0.1) is 0 Å². The van der Waals surface area contributed by atoms with Crippen LogP contribution in [0.4, 0.5) is 0 Å². The highest BCUT2D eigenvalue weighted by molar-refractivity contribution is 8.76. The standard InChI is InChI=1S/C17H27N3O3S2/c1-3-24-25-17(20-10-12-23-13-11-21)15-6-4-14(5-7-15)16(22)19-9-8-18-2/h4-7,11,17-18,20H,3,8-10,12-13H2,1-2H3,(H,19,22). The fourth-order valence-electron chi connectivity index (χ4n) is 1.95. The molecule has 1 unspecified atom stereocenters. The molecule has 0 aliphatic rings. The van der Waals surface area contributed by atoms with Crippen LogP contribution >= 0.6 is 21.6 Å². The Labute approximate surface area is 157 Å². The zero-order valence-corrected chi connectivity index (χ0v) is 16.4. The van der Waals surface area contributed by atoms with E-state index >= 15 is 0 Å². The highest BCUT2D eigenvalue weighted by Gasteiger charge is 2.13. The summed E-state index contributed by atoms with van der Waals surface area (Å²) in [5, 5.41) is 9.37. The first-order valence-corrected chi connectivity index (χ1v) is 10.7. The summed E-state index contributed by atoms with van der Waals surface area (Å²) in [5.74, 6) is 0.945. The molecule has 0 saturated carbocycles. The van der Waals surface area contributed by atoms with Crippen LogP contribution in [0.3, 0.4) is 0 Å². The van der Waals surface area contributed by atoms with Crippen molar-refractivity contribution < 1.29 is 14.3 Å². The van der Waals surface area contributed by atoms with E-state index in [1.165, 1.54) is 0 Å². The average Bonchev–Trinajstić information content (AvgIpc) is 2.64. The Morgan fingerprint density at radius 1 is 1.24 bits per heavy atom. The third-order valence-electron chi connectivity index (χ3n) is 3.18. The zero-order valence-electron chi connectivity index (χ0n) is 14.7. The number of hydrogen-bond donors (Lipinski definition) is 3. The van der Waals surface area contributed by atoms with Crippen molar-refractivity contribution in [2.24, 2.45) is 0 Å². The Morgan fingerprint density at radius 2 is 2.00 bits per heavy atom. The van der Waals surface area contributed by atoms with Crippen molar-refractivity contribution in [3.05, 3.63) is 35.4 Å². The molecule has 1 aromatic rings. The molecule has 0 fully saturated rings. The Kier molecular flexibility index (Phi) is 12.4. The summed E-state index contributed by atoms with van der Waals surface area (Å²) in [7, 11) is 5.37. The highest BCUT2D eigenvalue weighted by atomic mass is 33.1. The molecule has 25 heavy (non-hydrogen) atoms. The van der Waals surface area contributed by atoms with Gasteiger partial charge in [0, 0.05) is 31.0 Å². The number of aldehydes is 1. The van der Waals surface area contributed by atoms with Crippen LogP contribution in [-0.4, -0.2) is 57.8 Å². The topological polar surface area (TPSA) is 79.5 Å². The summed E-state index contributed by atoms with van der Waals surface area (Å²) in [5.41, 5.74) is 1.76. The van der Waals surface area contributed by atoms with E-state index in [1.54, 1.807) is 21.6 Å². The fourth-order valence-corrected chi connectivity index (χ4v) is 4.03. The van der Waals surface area contributed by atoms with Gasteiger partial charge in [-0.25, -0.2) is 0 Å². The van der Waals surface area contributed by atoms with Crippen molar-refractivity contribution in [3.63, 3.8) is 0 Å². The monoisotopic (exact) mass is 385 g/mol. The first-order valence-electron chi connectivity index (χ1n) is 8.28. The van der Waals surface area contributed by atoms with E-state index in [0.717, 1.165) is 24.1 Å². The lowest BCUT2D eigenvalue weighted by atomic mass is 10.1. The van der Waals surface area contributed by atoms with Gasteiger partial charge < -0.3 is 20.2 Å². The lowest BCUT2D eigenvalue weighted by molar-refractivity contribution is -0.111. The van der Waals surface area contributed by atoms with Crippen molar-refractivity contribution >= 4 is 33.8 Å². The lowest BCUT2D eigenvalue weighted by Crippen LogP contribution is -2.30. The molecular formula is C17H27N3O3S2. The molecule has 1 atom stereocenters. The van der Waals surface area contributed by atoms with E-state index in [-0.39, 0.29) is 17.9 Å². The van der Waals surface area contributed by atoms with E-state index in [1.807, 2.05) is 31.3 Å². The third-order valence-corrected chi connectivity index (χ3v) is 5.88. The summed E-state index contributed by atoms with van der Waals surface area (Å²) >= 11 is 0. The van der Waals surface area contributed by atoms with E-state index in [4.69, 9.17) is 4.74 Å². The molecule has 0 spiro atoms. The van der Waals surface area contributed by atoms with Gasteiger partial charge in [-0.05, 0) is 24.7 Å². The molecular weight excluding hydrogens is 358 g/mol. The molecule has 0 bridgehead atoms. The minimum atomic E-state index is -0.0656. The van der Waals surface area contributed by atoms with Crippen LogP contribution < -0.4 is 16.0 Å². The van der Waals surface area contributed by atoms with Crippen molar-refractivity contribution in [1.29, 1.82) is 0 Å². The second-order valence-corrected chi connectivity index (χ2v) is 7.82. The van der Waals surface area contributed by atoms with Gasteiger partial charge in [0.05, 0.1) is 12.0 Å². The average molecular weight is 386 g/mol. The van der Waals surface area contributed by atoms with Crippen LogP contribution in [0.1, 0.15) is 28.2 Å². The molecule has 1 aromatic carbocycles. The van der Waals surface area contributed by atoms with Crippen LogP contribution in [0.15, 0.2) is 24.3 Å². The number of amides is 1. The minimum absolute atomic E-state index is 0.0656. The molecule has 140 valence electrons. The fraction of sp³-hybridized carbons (Fsp3) is 0.529. The molecule has 0 aliphatic heterocycles. The first-order chi connectivity index (χ1) is 12.2. The largest absolute Gasteiger partial charge is 0.373 e. The highest BCUT2D eigenvalue weighted by Crippen LogP contribution is 2.35. The maximum absolute atomic E-state index is 12.0. The lowest BCUT2D eigenvalue weighted by Gasteiger charge is -2.18. The number of carbonyl (C=O) groups is 2. The van der Waals surface area contributed by atoms with Gasteiger partial charge in [-0.2, -0.15) is 0 Å². The van der Waals surface area contributed by atoms with Crippen molar-refractivity contribution in [2.75, 3.05) is 45.6 Å². The maximum Gasteiger partial charge on any atom is 0.251 e. The van der Waals surface area contributed by atoms with Gasteiger partial charge in [-0.3, -0.25) is 10.1 Å². The number of rotatable bonds is 14. The Balaban J connectivity index is 2.58. The van der Waals surface area contributed by atoms with Gasteiger partial charge in [0.2, 0.25) is 0 Å². The normalized spacial score (nSPS) is 11.9. The first kappa shape index (κ1) is 22.0. The molecule has 1 rings (SSSR count). The van der Waals surface area contributed by atoms with Crippen molar-refractivity contribution in [3.8, 4) is 0 Å². The second kappa shape index (κ2) is 14.1. The Morgan fingerprint density at radius 3 is 2.64 bits per heavy atom. The molecule has 0 heterocycles. The number of likely N-dealkylation sites (N-methyl/N-ethyl adjacent to an activating group) is 1. The number of nitrogens with one attached hydrogen (secondary N) is 3. The minimum Gasteiger partial charge on any atom is -0.373 e. The molecule has 1 amide bonds. The predicted octanol–water partition coefficient (Wildman–Crippen LogP) is 1.84. The van der Waals surface area contributed by atoms with Gasteiger partial charge >= 0.3 is 0 Å². The van der Waals surface area contributed by atoms with Crippen LogP contribution in [0.25, 0.3) is 0 Å². The van der Waals surface area contributed by atoms with Gasteiger partial charge in [0.1, 0.15) is 12.9 Å². The molecule has 0 aliphatic carbocycles. The smallest absolute Gasteiger partial charge is 0.251 e. The summed E-state index contributed by atoms with van der Waals surface area (Å²) in [6, 6.07) is 7.64. The summed E-state index contributed by atoms with van der Waals surface area (Å²) in [4.78, 5) is 22.3. The number of ether oxygens (including phenoxy) is 1. The zero-order chi connectivity index (χ0) is 18.3. The third kappa shape index (κ3) is 9.27. The van der Waals surface area contributed by atoms with E-state index in [9.17, 15) is 9.59 Å². The Bertz CT molecular complexity index is 500. The summed E-state index contributed by atoms with van der Waals surface area (Å²) < 4.78 is 5.17. The van der Waals surface area contributed by atoms with Crippen LogP contribution in [0.5, 0.6) is 0 Å². The predicted molar refractivity (Wildman–Crippen MR) is 106 cm³/mol. The summed E-state index contributed by atoms with van der Waals surface area (Å²) in [6.07, 6.45) is 0.750. The molecule has 8 heteroatoms. The van der Waals surface area contributed by atoms with Gasteiger partial charge in [0.15, 0.2) is 0 Å². The molecule has 0 aromatic heterocycles. The molecule has 6 nitrogen and oxygen atoms in total. The maximum atomic E-state index is 12.0. The molecule has 0 saturated heterocycles. The van der Waals surface area contributed by atoms with E-state index in [2.05, 4.69) is 22.9 Å². The number of benzene rings is 1. The van der Waals surface area contributed by atoms with E-state index < -0.39 is 0 Å². The Hall–Kier alpha value is -1.06. The van der Waals surface area contributed by atoms with Crippen LogP contribution in [0, 0.1) is 0 Å². The molecule has 3 N–H and O–H groups in total. The van der Waals surface area contributed by atoms with E-state index in [0.29, 0.717) is 25.3 Å². The second-order valence-electron chi connectivity index (χ2n) is 5.06. The van der Waals surface area contributed by atoms with Crippen molar-refractivity contribution in [1.82, 2.24) is 16.0 Å². The quantitative estimate of drug-likeness (QED) is 0.195. The van der Waals surface area contributed by atoms with Crippen LogP contribution in [0.2, 0.25) is 0 Å². The SMILES string of the molecule is CCSSC(NCCOCC=O)c1ccc(C(=O)NCCNC)cc1. The van der Waals surface area contributed by atoms with Crippen LogP contribution in [-0.2, 0) is 9.53 Å². The van der Waals surface area contributed by atoms with Gasteiger partial charge in [0.25, 0.3) is 5.91 Å². The van der Waals surface area contributed by atoms with Crippen molar-refractivity contribution in [2.45, 2.75) is 12.3 Å². The van der Waals surface area contributed by atoms with Gasteiger partial charge in [-0.1, -0.05) is 40.6 Å².